The number of benzene rings is 1. The van der Waals surface area contributed by atoms with E-state index >= 15 is 0 Å². The number of isocyanates is 1. The quantitative estimate of drug-likeness (QED) is 0.592. The fourth-order valence-electron chi connectivity index (χ4n) is 2.37. The third-order valence-corrected chi connectivity index (χ3v) is 3.82. The molecule has 3 heteroatoms. The van der Waals surface area contributed by atoms with Crippen LogP contribution in [0.4, 0.5) is 0 Å². The van der Waals surface area contributed by atoms with E-state index in [1.54, 1.807) is 13.2 Å². The minimum atomic E-state index is -0.340. The van der Waals surface area contributed by atoms with Crippen LogP contribution in [0, 0.1) is 13.8 Å². The number of aliphatic imine (C=N–C) groups is 1. The molecule has 0 aromatic heterocycles. The summed E-state index contributed by atoms with van der Waals surface area (Å²) in [6.07, 6.45) is 4.68. The third kappa shape index (κ3) is 1.87. The zero-order chi connectivity index (χ0) is 12.5. The summed E-state index contributed by atoms with van der Waals surface area (Å²) in [6.45, 7) is 4.09. The Kier molecular flexibility index (Phi) is 3.03. The fraction of sp³-hybridized carbons (Fsp3) is 0.500. The van der Waals surface area contributed by atoms with Gasteiger partial charge in [-0.05, 0) is 55.9 Å². The van der Waals surface area contributed by atoms with Crippen LogP contribution in [0.5, 0.6) is 5.75 Å². The largest absolute Gasteiger partial charge is 0.496 e. The first-order valence-corrected chi connectivity index (χ1v) is 5.88. The van der Waals surface area contributed by atoms with Crippen molar-refractivity contribution in [1.29, 1.82) is 0 Å². The Morgan fingerprint density at radius 1 is 1.35 bits per heavy atom. The molecule has 0 atom stereocenters. The average molecular weight is 231 g/mol. The van der Waals surface area contributed by atoms with Crippen molar-refractivity contribution in [1.82, 2.24) is 0 Å². The zero-order valence-electron chi connectivity index (χ0n) is 10.5. The summed E-state index contributed by atoms with van der Waals surface area (Å²) >= 11 is 0. The maximum Gasteiger partial charge on any atom is 0.235 e. The Hall–Kier alpha value is -1.60. The highest BCUT2D eigenvalue weighted by atomic mass is 16.5. The molecule has 1 aromatic carbocycles. The molecule has 1 aromatic rings. The first kappa shape index (κ1) is 11.9. The van der Waals surface area contributed by atoms with Crippen LogP contribution in [-0.4, -0.2) is 13.2 Å². The van der Waals surface area contributed by atoms with Crippen molar-refractivity contribution in [3.8, 4) is 5.75 Å². The van der Waals surface area contributed by atoms with Crippen LogP contribution in [0.25, 0.3) is 0 Å². The van der Waals surface area contributed by atoms with Gasteiger partial charge in [0.2, 0.25) is 6.08 Å². The second-order valence-electron chi connectivity index (χ2n) is 4.71. The minimum absolute atomic E-state index is 0.340. The number of rotatable bonds is 3. The van der Waals surface area contributed by atoms with Gasteiger partial charge in [0.25, 0.3) is 0 Å². The molecule has 0 aliphatic heterocycles. The molecule has 90 valence electrons. The molecular formula is C14H17NO2. The van der Waals surface area contributed by atoms with Crippen LogP contribution in [0.2, 0.25) is 0 Å². The minimum Gasteiger partial charge on any atom is -0.496 e. The highest BCUT2D eigenvalue weighted by Gasteiger charge is 2.39. The summed E-state index contributed by atoms with van der Waals surface area (Å²) in [7, 11) is 1.67. The van der Waals surface area contributed by atoms with E-state index in [4.69, 9.17) is 4.74 Å². The standard InChI is InChI=1S/C14H17NO2/c1-10-7-12(8-13(17-3)11(10)2)14(15-9-16)5-4-6-14/h7-8H,4-6H2,1-3H3. The molecular weight excluding hydrogens is 214 g/mol. The molecule has 0 heterocycles. The molecule has 1 aliphatic rings. The van der Waals surface area contributed by atoms with Gasteiger partial charge < -0.3 is 4.74 Å². The van der Waals surface area contributed by atoms with Gasteiger partial charge >= 0.3 is 0 Å². The number of hydrogen-bond acceptors (Lipinski definition) is 3. The van der Waals surface area contributed by atoms with E-state index < -0.39 is 0 Å². The molecule has 17 heavy (non-hydrogen) atoms. The molecule has 0 bridgehead atoms. The van der Waals surface area contributed by atoms with Crippen molar-refractivity contribution < 1.29 is 9.53 Å². The molecule has 0 unspecified atom stereocenters. The highest BCUT2D eigenvalue weighted by molar-refractivity contribution is 5.47. The van der Waals surface area contributed by atoms with Crippen LogP contribution >= 0.6 is 0 Å². The predicted octanol–water partition coefficient (Wildman–Crippen LogP) is 3.03. The lowest BCUT2D eigenvalue weighted by atomic mass is 9.72. The van der Waals surface area contributed by atoms with Crippen molar-refractivity contribution in [3.05, 3.63) is 28.8 Å². The Morgan fingerprint density at radius 3 is 2.53 bits per heavy atom. The summed E-state index contributed by atoms with van der Waals surface area (Å²) in [6, 6.07) is 4.11. The monoisotopic (exact) mass is 231 g/mol. The van der Waals surface area contributed by atoms with Crippen LogP contribution in [-0.2, 0) is 10.3 Å². The Labute approximate surface area is 102 Å². The topological polar surface area (TPSA) is 38.7 Å². The van der Waals surface area contributed by atoms with Gasteiger partial charge in [-0.25, -0.2) is 4.79 Å². The number of aryl methyl sites for hydroxylation is 1. The van der Waals surface area contributed by atoms with Gasteiger partial charge in [0.05, 0.1) is 12.6 Å². The van der Waals surface area contributed by atoms with E-state index in [0.717, 1.165) is 36.1 Å². The van der Waals surface area contributed by atoms with Crippen molar-refractivity contribution >= 4 is 6.08 Å². The molecule has 0 radical (unpaired) electrons. The Bertz CT molecular complexity index is 483. The fourth-order valence-corrected chi connectivity index (χ4v) is 2.37. The first-order chi connectivity index (χ1) is 8.13. The maximum absolute atomic E-state index is 10.6. The molecule has 1 aliphatic carbocycles. The average Bonchev–Trinajstić information content (AvgIpc) is 2.27. The zero-order valence-corrected chi connectivity index (χ0v) is 10.5. The van der Waals surface area contributed by atoms with Crippen molar-refractivity contribution in [2.24, 2.45) is 4.99 Å². The van der Waals surface area contributed by atoms with Gasteiger partial charge in [0.15, 0.2) is 0 Å². The summed E-state index contributed by atoms with van der Waals surface area (Å²) in [5.41, 5.74) is 3.05. The lowest BCUT2D eigenvalue weighted by Crippen LogP contribution is -2.32. The van der Waals surface area contributed by atoms with Crippen molar-refractivity contribution in [2.45, 2.75) is 38.6 Å². The van der Waals surface area contributed by atoms with E-state index in [-0.39, 0.29) is 5.54 Å². The van der Waals surface area contributed by atoms with Gasteiger partial charge in [-0.1, -0.05) is 6.07 Å². The number of ether oxygens (including phenoxy) is 1. The summed E-state index contributed by atoms with van der Waals surface area (Å²) in [5, 5.41) is 0. The van der Waals surface area contributed by atoms with E-state index in [2.05, 4.69) is 18.0 Å². The van der Waals surface area contributed by atoms with E-state index in [9.17, 15) is 4.79 Å². The second-order valence-corrected chi connectivity index (χ2v) is 4.71. The molecule has 0 amide bonds. The smallest absolute Gasteiger partial charge is 0.235 e. The van der Waals surface area contributed by atoms with Gasteiger partial charge in [-0.3, -0.25) is 0 Å². The summed E-state index contributed by atoms with van der Waals surface area (Å²) < 4.78 is 5.37. The van der Waals surface area contributed by atoms with Crippen LogP contribution in [0.3, 0.4) is 0 Å². The SMILES string of the molecule is COc1cc(C2(N=C=O)CCC2)cc(C)c1C. The molecule has 0 saturated heterocycles. The molecule has 1 fully saturated rings. The van der Waals surface area contributed by atoms with Crippen LogP contribution in [0.1, 0.15) is 36.0 Å². The van der Waals surface area contributed by atoms with E-state index in [0.29, 0.717) is 0 Å². The van der Waals surface area contributed by atoms with Crippen LogP contribution in [0.15, 0.2) is 17.1 Å². The maximum atomic E-state index is 10.6. The van der Waals surface area contributed by atoms with Gasteiger partial charge in [-0.2, -0.15) is 4.99 Å². The summed E-state index contributed by atoms with van der Waals surface area (Å²) in [4.78, 5) is 14.6. The molecule has 3 nitrogen and oxygen atoms in total. The van der Waals surface area contributed by atoms with E-state index in [1.165, 1.54) is 5.56 Å². The van der Waals surface area contributed by atoms with Crippen LogP contribution < -0.4 is 4.74 Å². The highest BCUT2D eigenvalue weighted by Crippen LogP contribution is 2.46. The van der Waals surface area contributed by atoms with Gasteiger partial charge in [0, 0.05) is 0 Å². The molecule has 0 N–H and O–H groups in total. The number of nitrogens with zero attached hydrogens (tertiary/aromatic N) is 1. The lowest BCUT2D eigenvalue weighted by Gasteiger charge is -2.37. The molecule has 1 saturated carbocycles. The Balaban J connectivity index is 2.52. The third-order valence-electron chi connectivity index (χ3n) is 3.82. The summed E-state index contributed by atoms with van der Waals surface area (Å²) in [5.74, 6) is 0.868. The van der Waals surface area contributed by atoms with E-state index in [1.807, 2.05) is 13.0 Å². The Morgan fingerprint density at radius 2 is 2.06 bits per heavy atom. The number of hydrogen-bond donors (Lipinski definition) is 0. The number of methoxy groups -OCH3 is 1. The lowest BCUT2D eigenvalue weighted by molar-refractivity contribution is 0.254. The molecule has 0 spiro atoms. The van der Waals surface area contributed by atoms with Gasteiger partial charge in [0.1, 0.15) is 5.75 Å². The number of carbonyl (C=O) groups excluding carboxylic acids is 1. The van der Waals surface area contributed by atoms with Crippen molar-refractivity contribution in [3.63, 3.8) is 0 Å². The predicted molar refractivity (Wildman–Crippen MR) is 66.1 cm³/mol. The van der Waals surface area contributed by atoms with Gasteiger partial charge in [-0.15, -0.1) is 0 Å². The second kappa shape index (κ2) is 4.34. The first-order valence-electron chi connectivity index (χ1n) is 5.88. The molecule has 2 rings (SSSR count). The van der Waals surface area contributed by atoms with Crippen molar-refractivity contribution in [2.75, 3.05) is 7.11 Å². The normalized spacial score (nSPS) is 16.9.